The van der Waals surface area contributed by atoms with Gasteiger partial charge in [0.15, 0.2) is 11.5 Å². The van der Waals surface area contributed by atoms with E-state index in [9.17, 15) is 14.4 Å². The van der Waals surface area contributed by atoms with Crippen molar-refractivity contribution in [3.05, 3.63) is 65.0 Å². The molecule has 0 aromatic heterocycles. The smallest absolute Gasteiger partial charge is 0.262 e. The average molecular weight is 408 g/mol. The van der Waals surface area contributed by atoms with E-state index in [2.05, 4.69) is 5.32 Å². The van der Waals surface area contributed by atoms with Crippen molar-refractivity contribution in [2.75, 3.05) is 6.61 Å². The lowest BCUT2D eigenvalue weighted by Gasteiger charge is -2.13. The predicted molar refractivity (Wildman–Crippen MR) is 112 cm³/mol. The molecule has 1 saturated carbocycles. The topological polar surface area (TPSA) is 71.3 Å². The number of nitrogens with zero attached hydrogens (tertiary/aromatic N) is 1. The number of amides is 1. The lowest BCUT2D eigenvalue weighted by Crippen LogP contribution is -2.33. The molecule has 5 nitrogen and oxygen atoms in total. The number of hydrogen-bond donors (Lipinski definition) is 1. The number of carbonyl (C=O) groups excluding carboxylic acids is 1. The Labute approximate surface area is 176 Å². The highest BCUT2D eigenvalue weighted by Crippen LogP contribution is 2.30. The van der Waals surface area contributed by atoms with Crippen molar-refractivity contribution >= 4 is 12.0 Å². The zero-order valence-corrected chi connectivity index (χ0v) is 17.0. The quantitative estimate of drug-likeness (QED) is 0.505. The van der Waals surface area contributed by atoms with Gasteiger partial charge in [0.2, 0.25) is 0 Å². The number of halogens is 1. The second-order valence-electron chi connectivity index (χ2n) is 7.18. The molecule has 0 aliphatic heterocycles. The molecule has 1 amide bonds. The van der Waals surface area contributed by atoms with Crippen LogP contribution in [0, 0.1) is 17.1 Å². The van der Waals surface area contributed by atoms with Crippen LogP contribution in [0.15, 0.2) is 48.0 Å². The van der Waals surface area contributed by atoms with Gasteiger partial charge < -0.3 is 14.8 Å². The number of benzene rings is 2. The maximum atomic E-state index is 13.0. The van der Waals surface area contributed by atoms with Crippen LogP contribution < -0.4 is 14.8 Å². The molecule has 0 radical (unpaired) electrons. The lowest BCUT2D eigenvalue weighted by molar-refractivity contribution is -0.117. The molecule has 0 bridgehead atoms. The molecule has 30 heavy (non-hydrogen) atoms. The molecule has 0 saturated heterocycles. The molecular weight excluding hydrogens is 383 g/mol. The molecule has 0 spiro atoms. The lowest BCUT2D eigenvalue weighted by atomic mass is 10.1. The molecule has 0 atom stereocenters. The Bertz CT molecular complexity index is 942. The van der Waals surface area contributed by atoms with Crippen LogP contribution in [0.1, 0.15) is 43.7 Å². The van der Waals surface area contributed by atoms with E-state index in [1.54, 1.807) is 36.4 Å². The van der Waals surface area contributed by atoms with Crippen molar-refractivity contribution in [1.29, 1.82) is 5.26 Å². The predicted octanol–water partition coefficient (Wildman–Crippen LogP) is 4.77. The van der Waals surface area contributed by atoms with Crippen LogP contribution in [0.5, 0.6) is 11.5 Å². The highest BCUT2D eigenvalue weighted by Gasteiger charge is 2.19. The average Bonchev–Trinajstić information content (AvgIpc) is 3.25. The first-order valence-electron chi connectivity index (χ1n) is 10.2. The largest absolute Gasteiger partial charge is 0.490 e. The van der Waals surface area contributed by atoms with E-state index in [1.807, 2.05) is 13.0 Å². The van der Waals surface area contributed by atoms with Gasteiger partial charge in [0.25, 0.3) is 5.91 Å². The van der Waals surface area contributed by atoms with E-state index >= 15 is 0 Å². The summed E-state index contributed by atoms with van der Waals surface area (Å²) < 4.78 is 24.5. The van der Waals surface area contributed by atoms with E-state index in [1.165, 1.54) is 12.1 Å². The SMILES string of the molecule is CCOc1cc(/C=C(\C#N)C(=O)NC2CCCC2)ccc1OCc1ccc(F)cc1. The Morgan fingerprint density at radius 2 is 1.90 bits per heavy atom. The van der Waals surface area contributed by atoms with Gasteiger partial charge in [-0.3, -0.25) is 4.79 Å². The molecule has 1 N–H and O–H groups in total. The standard InChI is InChI=1S/C24H25FN2O3/c1-2-29-23-14-18(13-19(15-26)24(28)27-21-5-3-4-6-21)9-12-22(23)30-16-17-7-10-20(25)11-8-17/h7-14,21H,2-6,16H2,1H3,(H,27,28)/b19-13+. The van der Waals surface area contributed by atoms with Crippen molar-refractivity contribution < 1.29 is 18.7 Å². The van der Waals surface area contributed by atoms with Gasteiger partial charge in [-0.15, -0.1) is 0 Å². The molecular formula is C24H25FN2O3. The van der Waals surface area contributed by atoms with Crippen molar-refractivity contribution in [2.24, 2.45) is 0 Å². The highest BCUT2D eigenvalue weighted by atomic mass is 19.1. The Morgan fingerprint density at radius 1 is 1.17 bits per heavy atom. The van der Waals surface area contributed by atoms with Gasteiger partial charge in [0.1, 0.15) is 24.1 Å². The first-order chi connectivity index (χ1) is 14.6. The summed E-state index contributed by atoms with van der Waals surface area (Å²) in [7, 11) is 0. The summed E-state index contributed by atoms with van der Waals surface area (Å²) in [6.45, 7) is 2.57. The van der Waals surface area contributed by atoms with Crippen LogP contribution in [0.25, 0.3) is 6.08 Å². The summed E-state index contributed by atoms with van der Waals surface area (Å²) in [6.07, 6.45) is 5.68. The molecule has 0 unspecified atom stereocenters. The number of ether oxygens (including phenoxy) is 2. The van der Waals surface area contributed by atoms with E-state index in [0.29, 0.717) is 23.7 Å². The third kappa shape index (κ3) is 5.84. The van der Waals surface area contributed by atoms with Gasteiger partial charge in [-0.1, -0.05) is 31.0 Å². The Hall–Kier alpha value is -3.33. The fourth-order valence-electron chi connectivity index (χ4n) is 3.39. The Morgan fingerprint density at radius 3 is 2.57 bits per heavy atom. The summed E-state index contributed by atoms with van der Waals surface area (Å²) >= 11 is 0. The zero-order chi connectivity index (χ0) is 21.3. The summed E-state index contributed by atoms with van der Waals surface area (Å²) in [5.74, 6) is 0.406. The molecule has 0 heterocycles. The molecule has 2 aromatic carbocycles. The minimum absolute atomic E-state index is 0.0596. The van der Waals surface area contributed by atoms with E-state index in [4.69, 9.17) is 9.47 Å². The van der Waals surface area contributed by atoms with Gasteiger partial charge in [0.05, 0.1) is 6.61 Å². The first-order valence-corrected chi connectivity index (χ1v) is 10.2. The van der Waals surface area contributed by atoms with Crippen LogP contribution in [-0.4, -0.2) is 18.6 Å². The van der Waals surface area contributed by atoms with Gasteiger partial charge >= 0.3 is 0 Å². The van der Waals surface area contributed by atoms with Gasteiger partial charge in [-0.25, -0.2) is 4.39 Å². The fraction of sp³-hybridized carbons (Fsp3) is 0.333. The minimum atomic E-state index is -0.348. The summed E-state index contributed by atoms with van der Waals surface area (Å²) in [4.78, 5) is 12.4. The van der Waals surface area contributed by atoms with Crippen molar-refractivity contribution in [3.8, 4) is 17.6 Å². The highest BCUT2D eigenvalue weighted by molar-refractivity contribution is 6.01. The van der Waals surface area contributed by atoms with E-state index in [0.717, 1.165) is 31.2 Å². The normalized spacial score (nSPS) is 14.2. The second kappa shape index (κ2) is 10.4. The van der Waals surface area contributed by atoms with E-state index < -0.39 is 0 Å². The molecule has 1 aliphatic carbocycles. The summed E-state index contributed by atoms with van der Waals surface area (Å²) in [5.41, 5.74) is 1.56. The molecule has 2 aromatic rings. The third-order valence-corrected chi connectivity index (χ3v) is 4.94. The van der Waals surface area contributed by atoms with Crippen LogP contribution >= 0.6 is 0 Å². The number of nitrogens with one attached hydrogen (secondary N) is 1. The molecule has 3 rings (SSSR count). The molecule has 6 heteroatoms. The number of rotatable bonds is 8. The Kier molecular flexibility index (Phi) is 7.45. The van der Waals surface area contributed by atoms with Gasteiger partial charge in [-0.05, 0) is 61.2 Å². The number of carbonyl (C=O) groups is 1. The Balaban J connectivity index is 1.73. The third-order valence-electron chi connectivity index (χ3n) is 4.94. The van der Waals surface area contributed by atoms with Gasteiger partial charge in [-0.2, -0.15) is 5.26 Å². The molecule has 156 valence electrons. The zero-order valence-electron chi connectivity index (χ0n) is 17.0. The van der Waals surface area contributed by atoms with Crippen LogP contribution in [0.2, 0.25) is 0 Å². The summed E-state index contributed by atoms with van der Waals surface area (Å²) in [6, 6.07) is 13.5. The summed E-state index contributed by atoms with van der Waals surface area (Å²) in [5, 5.41) is 12.4. The van der Waals surface area contributed by atoms with Crippen LogP contribution in [0.3, 0.4) is 0 Å². The molecule has 1 fully saturated rings. The van der Waals surface area contributed by atoms with Crippen molar-refractivity contribution in [2.45, 2.75) is 45.3 Å². The first kappa shape index (κ1) is 21.4. The fourth-order valence-corrected chi connectivity index (χ4v) is 3.39. The second-order valence-corrected chi connectivity index (χ2v) is 7.18. The minimum Gasteiger partial charge on any atom is -0.490 e. The number of nitriles is 1. The maximum Gasteiger partial charge on any atom is 0.262 e. The van der Waals surface area contributed by atoms with Gasteiger partial charge in [0, 0.05) is 6.04 Å². The van der Waals surface area contributed by atoms with Crippen LogP contribution in [0.4, 0.5) is 4.39 Å². The number of hydrogen-bond acceptors (Lipinski definition) is 4. The van der Waals surface area contributed by atoms with E-state index in [-0.39, 0.29) is 29.9 Å². The van der Waals surface area contributed by atoms with Crippen LogP contribution in [-0.2, 0) is 11.4 Å². The van der Waals surface area contributed by atoms with Crippen molar-refractivity contribution in [1.82, 2.24) is 5.32 Å². The van der Waals surface area contributed by atoms with Crippen molar-refractivity contribution in [3.63, 3.8) is 0 Å². The maximum absolute atomic E-state index is 13.0. The monoisotopic (exact) mass is 408 g/mol. The molecule has 1 aliphatic rings.